The molecular formula is C22H18F2N2O3. The topological polar surface area (TPSA) is 50.8 Å². The fraction of sp³-hybridized carbons (Fsp3) is 0.136. The first kappa shape index (κ1) is 18.7. The minimum atomic E-state index is -2.96. The molecule has 0 aromatic heterocycles. The second-order valence-corrected chi connectivity index (χ2v) is 6.39. The Morgan fingerprint density at radius 1 is 0.966 bits per heavy atom. The number of hydrogen-bond donors (Lipinski definition) is 1. The lowest BCUT2D eigenvalue weighted by Gasteiger charge is -2.38. The number of nitrogens with one attached hydrogen (secondary N) is 1. The third-order valence-electron chi connectivity index (χ3n) is 4.68. The van der Waals surface area contributed by atoms with E-state index in [0.717, 1.165) is 0 Å². The van der Waals surface area contributed by atoms with Crippen LogP contribution in [0.4, 0.5) is 20.2 Å². The van der Waals surface area contributed by atoms with Crippen molar-refractivity contribution in [3.8, 4) is 11.5 Å². The molecule has 0 unspecified atom stereocenters. The monoisotopic (exact) mass is 396 g/mol. The fourth-order valence-electron chi connectivity index (χ4n) is 3.39. The van der Waals surface area contributed by atoms with Crippen molar-refractivity contribution in [1.82, 2.24) is 0 Å². The van der Waals surface area contributed by atoms with Gasteiger partial charge in [0.25, 0.3) is 5.91 Å². The number of para-hydroxylation sites is 2. The van der Waals surface area contributed by atoms with Gasteiger partial charge in [0.15, 0.2) is 11.5 Å². The molecule has 3 aromatic rings. The first-order valence-corrected chi connectivity index (χ1v) is 8.95. The number of amides is 1. The predicted octanol–water partition coefficient (Wildman–Crippen LogP) is 5.07. The van der Waals surface area contributed by atoms with Gasteiger partial charge in [0.2, 0.25) is 0 Å². The summed E-state index contributed by atoms with van der Waals surface area (Å²) >= 11 is 0. The minimum Gasteiger partial charge on any atom is -0.493 e. The van der Waals surface area contributed by atoms with E-state index in [2.05, 4.69) is 10.1 Å². The van der Waals surface area contributed by atoms with Crippen LogP contribution in [0.3, 0.4) is 0 Å². The lowest BCUT2D eigenvalue weighted by molar-refractivity contribution is -0.0512. The number of carbonyl (C=O) groups excluding carboxylic acids is 1. The smallest absolute Gasteiger partial charge is 0.387 e. The normalized spacial score (nSPS) is 15.7. The lowest BCUT2D eigenvalue weighted by atomic mass is 10.0. The number of benzene rings is 3. The number of carbonyl (C=O) groups is 1. The number of nitrogens with zero attached hydrogens (tertiary/aromatic N) is 1. The summed E-state index contributed by atoms with van der Waals surface area (Å²) in [6.07, 6.45) is -0.561. The molecule has 0 saturated carbocycles. The first-order chi connectivity index (χ1) is 14.1. The number of hydrogen-bond acceptors (Lipinski definition) is 4. The molecule has 0 spiro atoms. The second kappa shape index (κ2) is 7.79. The summed E-state index contributed by atoms with van der Waals surface area (Å²) in [7, 11) is 1.38. The summed E-state index contributed by atoms with van der Waals surface area (Å²) in [5, 5.41) is 3.36. The molecule has 0 saturated heterocycles. The Morgan fingerprint density at radius 3 is 2.41 bits per heavy atom. The van der Waals surface area contributed by atoms with Gasteiger partial charge < -0.3 is 14.8 Å². The standard InChI is InChI=1S/C22H18F2N2O3/c1-28-19-13-14(11-12-18(19)29-22(23)24)20-25-17-10-6-5-9-16(17)21(27)26(20)15-7-3-2-4-8-15/h2-13,20,22,25H,1H3/t20-/m1/s1. The number of anilines is 2. The number of rotatable bonds is 5. The summed E-state index contributed by atoms with van der Waals surface area (Å²) in [5.41, 5.74) is 2.62. The third-order valence-corrected chi connectivity index (χ3v) is 4.68. The Balaban J connectivity index is 1.81. The van der Waals surface area contributed by atoms with E-state index in [0.29, 0.717) is 22.5 Å². The van der Waals surface area contributed by atoms with Gasteiger partial charge in [0.1, 0.15) is 6.17 Å². The molecular weight excluding hydrogens is 378 g/mol. The van der Waals surface area contributed by atoms with Gasteiger partial charge in [-0.2, -0.15) is 8.78 Å². The van der Waals surface area contributed by atoms with Crippen molar-refractivity contribution < 1.29 is 23.0 Å². The highest BCUT2D eigenvalue weighted by molar-refractivity contribution is 6.12. The second-order valence-electron chi connectivity index (χ2n) is 6.39. The third kappa shape index (κ3) is 3.59. The van der Waals surface area contributed by atoms with E-state index in [9.17, 15) is 13.6 Å². The SMILES string of the molecule is COc1cc([C@@H]2Nc3ccccc3C(=O)N2c2ccccc2)ccc1OC(F)F. The molecule has 1 aliphatic heterocycles. The van der Waals surface area contributed by atoms with E-state index >= 15 is 0 Å². The van der Waals surface area contributed by atoms with Gasteiger partial charge in [0, 0.05) is 11.4 Å². The van der Waals surface area contributed by atoms with E-state index < -0.39 is 12.8 Å². The van der Waals surface area contributed by atoms with Crippen molar-refractivity contribution in [2.24, 2.45) is 0 Å². The highest BCUT2D eigenvalue weighted by Crippen LogP contribution is 2.39. The van der Waals surface area contributed by atoms with Crippen molar-refractivity contribution in [1.29, 1.82) is 0 Å². The molecule has 4 rings (SSSR count). The van der Waals surface area contributed by atoms with Gasteiger partial charge in [-0.05, 0) is 42.0 Å². The number of methoxy groups -OCH3 is 1. The maximum Gasteiger partial charge on any atom is 0.387 e. The number of halogens is 2. The number of ether oxygens (including phenoxy) is 2. The maximum absolute atomic E-state index is 13.3. The largest absolute Gasteiger partial charge is 0.493 e. The zero-order valence-corrected chi connectivity index (χ0v) is 15.5. The van der Waals surface area contributed by atoms with E-state index in [1.54, 1.807) is 29.2 Å². The van der Waals surface area contributed by atoms with Gasteiger partial charge in [-0.3, -0.25) is 9.69 Å². The highest BCUT2D eigenvalue weighted by atomic mass is 19.3. The zero-order chi connectivity index (χ0) is 20.4. The zero-order valence-electron chi connectivity index (χ0n) is 15.5. The van der Waals surface area contributed by atoms with Crippen molar-refractivity contribution in [2.75, 3.05) is 17.3 Å². The Morgan fingerprint density at radius 2 is 1.69 bits per heavy atom. The quantitative estimate of drug-likeness (QED) is 0.654. The molecule has 0 radical (unpaired) electrons. The van der Waals surface area contributed by atoms with Crippen LogP contribution in [-0.4, -0.2) is 19.6 Å². The molecule has 1 N–H and O–H groups in total. The summed E-state index contributed by atoms with van der Waals surface area (Å²) in [4.78, 5) is 14.9. The van der Waals surface area contributed by atoms with Gasteiger partial charge in [-0.25, -0.2) is 0 Å². The van der Waals surface area contributed by atoms with Crippen molar-refractivity contribution in [2.45, 2.75) is 12.8 Å². The Kier molecular flexibility index (Phi) is 5.03. The van der Waals surface area contributed by atoms with E-state index in [1.807, 2.05) is 42.5 Å². The fourth-order valence-corrected chi connectivity index (χ4v) is 3.39. The first-order valence-electron chi connectivity index (χ1n) is 8.95. The van der Waals surface area contributed by atoms with E-state index in [-0.39, 0.29) is 17.4 Å². The van der Waals surface area contributed by atoms with Gasteiger partial charge in [-0.1, -0.05) is 36.4 Å². The van der Waals surface area contributed by atoms with Crippen LogP contribution < -0.4 is 19.7 Å². The molecule has 0 fully saturated rings. The molecule has 5 nitrogen and oxygen atoms in total. The molecule has 0 bridgehead atoms. The molecule has 7 heteroatoms. The lowest BCUT2D eigenvalue weighted by Crippen LogP contribution is -2.43. The minimum absolute atomic E-state index is 0.0694. The van der Waals surface area contributed by atoms with Crippen molar-refractivity contribution >= 4 is 17.3 Å². The summed E-state index contributed by atoms with van der Waals surface area (Å²) in [5.74, 6) is -0.0774. The molecule has 29 heavy (non-hydrogen) atoms. The van der Waals surface area contributed by atoms with Crippen LogP contribution in [0.15, 0.2) is 72.8 Å². The summed E-state index contributed by atoms with van der Waals surface area (Å²) < 4.78 is 35.0. The Hall–Kier alpha value is -3.61. The van der Waals surface area contributed by atoms with Crippen LogP contribution in [-0.2, 0) is 0 Å². The van der Waals surface area contributed by atoms with E-state index in [1.165, 1.54) is 13.2 Å². The summed E-state index contributed by atoms with van der Waals surface area (Å²) in [6.45, 7) is -2.96. The maximum atomic E-state index is 13.3. The average molecular weight is 396 g/mol. The molecule has 1 heterocycles. The molecule has 1 atom stereocenters. The summed E-state index contributed by atoms with van der Waals surface area (Å²) in [6, 6.07) is 21.1. The van der Waals surface area contributed by atoms with Crippen LogP contribution >= 0.6 is 0 Å². The van der Waals surface area contributed by atoms with Crippen LogP contribution in [0.1, 0.15) is 22.1 Å². The van der Waals surface area contributed by atoms with Crippen LogP contribution in [0.25, 0.3) is 0 Å². The van der Waals surface area contributed by atoms with Gasteiger partial charge in [-0.15, -0.1) is 0 Å². The molecule has 1 amide bonds. The molecule has 148 valence electrons. The molecule has 3 aromatic carbocycles. The Labute approximate surface area is 166 Å². The van der Waals surface area contributed by atoms with Crippen molar-refractivity contribution in [3.05, 3.63) is 83.9 Å². The average Bonchev–Trinajstić information content (AvgIpc) is 2.74. The van der Waals surface area contributed by atoms with Gasteiger partial charge in [0.05, 0.1) is 12.7 Å². The number of fused-ring (bicyclic) bond motifs is 1. The molecule has 0 aliphatic carbocycles. The predicted molar refractivity (Wildman–Crippen MR) is 106 cm³/mol. The number of alkyl halides is 2. The van der Waals surface area contributed by atoms with E-state index in [4.69, 9.17) is 4.74 Å². The van der Waals surface area contributed by atoms with Crippen LogP contribution in [0.5, 0.6) is 11.5 Å². The Bertz CT molecular complexity index is 1030. The van der Waals surface area contributed by atoms with Gasteiger partial charge >= 0.3 is 6.61 Å². The van der Waals surface area contributed by atoms with Crippen LogP contribution in [0, 0.1) is 0 Å². The van der Waals surface area contributed by atoms with Crippen LogP contribution in [0.2, 0.25) is 0 Å². The van der Waals surface area contributed by atoms with Crippen molar-refractivity contribution in [3.63, 3.8) is 0 Å². The highest BCUT2D eigenvalue weighted by Gasteiger charge is 2.34. The molecule has 1 aliphatic rings.